The molecular formula is C29H20N4O. The van der Waals surface area contributed by atoms with Gasteiger partial charge < -0.3 is 4.74 Å². The third-order valence-electron chi connectivity index (χ3n) is 6.62. The number of ether oxygens (including phenoxy) is 1. The predicted octanol–water partition coefficient (Wildman–Crippen LogP) is 6.54. The molecule has 0 saturated carbocycles. The molecule has 7 rings (SSSR count). The first-order valence-electron chi connectivity index (χ1n) is 11.3. The van der Waals surface area contributed by atoms with Crippen molar-refractivity contribution >= 4 is 16.4 Å². The lowest BCUT2D eigenvalue weighted by Gasteiger charge is -2.29. The molecule has 5 nitrogen and oxygen atoms in total. The van der Waals surface area contributed by atoms with Gasteiger partial charge in [-0.15, -0.1) is 5.10 Å². The summed E-state index contributed by atoms with van der Waals surface area (Å²) in [4.78, 5) is 9.69. The molecule has 34 heavy (non-hydrogen) atoms. The first kappa shape index (κ1) is 19.0. The Bertz CT molecular complexity index is 1700. The first-order valence-corrected chi connectivity index (χ1v) is 11.3. The summed E-state index contributed by atoms with van der Waals surface area (Å²) in [5, 5.41) is 7.13. The molecule has 1 aliphatic heterocycles. The molecule has 0 N–H and O–H groups in total. The van der Waals surface area contributed by atoms with E-state index >= 15 is 0 Å². The largest absolute Gasteiger partial charge is 0.438 e. The van der Waals surface area contributed by atoms with Crippen molar-refractivity contribution in [1.29, 1.82) is 0 Å². The molecule has 1 atom stereocenters. The van der Waals surface area contributed by atoms with Crippen LogP contribution < -0.4 is 4.74 Å². The van der Waals surface area contributed by atoms with Crippen LogP contribution in [0.2, 0.25) is 0 Å². The van der Waals surface area contributed by atoms with E-state index in [2.05, 4.69) is 78.6 Å². The molecule has 3 heterocycles. The van der Waals surface area contributed by atoms with Crippen molar-refractivity contribution in [2.24, 2.45) is 0 Å². The zero-order valence-electron chi connectivity index (χ0n) is 18.5. The quantitative estimate of drug-likeness (QED) is 0.306. The molecule has 2 aromatic heterocycles. The van der Waals surface area contributed by atoms with Crippen molar-refractivity contribution in [1.82, 2.24) is 19.6 Å². The summed E-state index contributed by atoms with van der Waals surface area (Å²) >= 11 is 0. The number of hydrogen-bond donors (Lipinski definition) is 0. The molecular weight excluding hydrogens is 420 g/mol. The molecule has 0 amide bonds. The Morgan fingerprint density at radius 3 is 2.47 bits per heavy atom. The van der Waals surface area contributed by atoms with Gasteiger partial charge in [-0.05, 0) is 34.9 Å². The van der Waals surface area contributed by atoms with Crippen LogP contribution in [0.4, 0.5) is 0 Å². The Balaban J connectivity index is 1.55. The van der Waals surface area contributed by atoms with Crippen LogP contribution in [0.3, 0.4) is 0 Å². The van der Waals surface area contributed by atoms with Gasteiger partial charge >= 0.3 is 0 Å². The summed E-state index contributed by atoms with van der Waals surface area (Å²) < 4.78 is 8.17. The monoisotopic (exact) mass is 440 g/mol. The van der Waals surface area contributed by atoms with Gasteiger partial charge in [-0.1, -0.05) is 84.9 Å². The molecule has 0 radical (unpaired) electrons. The highest BCUT2D eigenvalue weighted by Crippen LogP contribution is 2.50. The van der Waals surface area contributed by atoms with Crippen LogP contribution in [0.1, 0.15) is 28.2 Å². The number of aromatic nitrogens is 4. The van der Waals surface area contributed by atoms with Crippen molar-refractivity contribution in [3.63, 3.8) is 0 Å². The van der Waals surface area contributed by atoms with Crippen molar-refractivity contribution in [3.05, 3.63) is 120 Å². The standard InChI is InChI=1S/C29H20N4O/c1-18-9-5-7-13-21(18)27-31-28-26-24(20-11-3-2-4-12-20)25-22-14-8-6-10-19(22)15-16-23(25)34-29(26)30-17-33(28)32-27/h2-17,24H,1H3/t24-/m1/s1. The van der Waals surface area contributed by atoms with E-state index in [4.69, 9.17) is 14.8 Å². The van der Waals surface area contributed by atoms with Crippen molar-refractivity contribution < 1.29 is 4.74 Å². The van der Waals surface area contributed by atoms with E-state index in [-0.39, 0.29) is 5.92 Å². The SMILES string of the molecule is Cc1ccccc1-c1nc2c3c(ncn2n1)Oc1ccc2ccccc2c1[C@H]3c1ccccc1. The zero-order valence-corrected chi connectivity index (χ0v) is 18.5. The van der Waals surface area contributed by atoms with E-state index in [0.717, 1.165) is 33.7 Å². The van der Waals surface area contributed by atoms with Gasteiger partial charge in [-0.3, -0.25) is 0 Å². The van der Waals surface area contributed by atoms with E-state index in [1.54, 1.807) is 10.8 Å². The highest BCUT2D eigenvalue weighted by Gasteiger charge is 2.34. The normalized spacial score (nSPS) is 14.6. The van der Waals surface area contributed by atoms with Gasteiger partial charge in [-0.25, -0.2) is 14.5 Å². The van der Waals surface area contributed by atoms with Crippen LogP contribution in [0, 0.1) is 6.92 Å². The molecule has 0 spiro atoms. The van der Waals surface area contributed by atoms with Gasteiger partial charge in [0.2, 0.25) is 5.88 Å². The van der Waals surface area contributed by atoms with Gasteiger partial charge in [0, 0.05) is 17.0 Å². The molecule has 162 valence electrons. The summed E-state index contributed by atoms with van der Waals surface area (Å²) in [6.07, 6.45) is 1.69. The maximum absolute atomic E-state index is 6.39. The molecule has 4 aromatic carbocycles. The Kier molecular flexibility index (Phi) is 4.05. The van der Waals surface area contributed by atoms with Crippen LogP contribution in [-0.2, 0) is 0 Å². The van der Waals surface area contributed by atoms with Gasteiger partial charge in [0.15, 0.2) is 11.5 Å². The van der Waals surface area contributed by atoms with E-state index in [1.165, 1.54) is 16.3 Å². The van der Waals surface area contributed by atoms with Gasteiger partial charge in [0.05, 0.1) is 5.56 Å². The number of hydrogen-bond acceptors (Lipinski definition) is 4. The Labute approximate surface area is 196 Å². The summed E-state index contributed by atoms with van der Waals surface area (Å²) in [6, 6.07) is 31.3. The molecule has 0 saturated heterocycles. The Morgan fingerprint density at radius 2 is 1.59 bits per heavy atom. The molecule has 6 aromatic rings. The maximum atomic E-state index is 6.39. The number of benzene rings is 4. The molecule has 0 fully saturated rings. The van der Waals surface area contributed by atoms with E-state index in [1.807, 2.05) is 24.3 Å². The average Bonchev–Trinajstić information content (AvgIpc) is 3.32. The minimum atomic E-state index is -0.0869. The molecule has 0 aliphatic carbocycles. The predicted molar refractivity (Wildman–Crippen MR) is 132 cm³/mol. The first-order chi connectivity index (χ1) is 16.8. The van der Waals surface area contributed by atoms with E-state index < -0.39 is 0 Å². The second kappa shape index (κ2) is 7.25. The zero-order chi connectivity index (χ0) is 22.6. The van der Waals surface area contributed by atoms with Crippen LogP contribution in [0.5, 0.6) is 11.6 Å². The van der Waals surface area contributed by atoms with E-state index in [0.29, 0.717) is 11.7 Å². The highest BCUT2D eigenvalue weighted by molar-refractivity contribution is 5.91. The van der Waals surface area contributed by atoms with Crippen LogP contribution in [0.15, 0.2) is 97.3 Å². The molecule has 0 bridgehead atoms. The minimum absolute atomic E-state index is 0.0869. The fourth-order valence-electron chi connectivity index (χ4n) is 5.02. The average molecular weight is 441 g/mol. The highest BCUT2D eigenvalue weighted by atomic mass is 16.5. The lowest BCUT2D eigenvalue weighted by Crippen LogP contribution is -2.15. The molecule has 0 unspecified atom stereocenters. The smallest absolute Gasteiger partial charge is 0.228 e. The van der Waals surface area contributed by atoms with Gasteiger partial charge in [-0.2, -0.15) is 0 Å². The number of fused-ring (bicyclic) bond motifs is 6. The number of rotatable bonds is 2. The third kappa shape index (κ3) is 2.77. The Morgan fingerprint density at radius 1 is 0.794 bits per heavy atom. The van der Waals surface area contributed by atoms with Crippen molar-refractivity contribution in [2.75, 3.05) is 0 Å². The summed E-state index contributed by atoms with van der Waals surface area (Å²) in [7, 11) is 0. The molecule has 1 aliphatic rings. The summed E-state index contributed by atoms with van der Waals surface area (Å²) in [6.45, 7) is 2.08. The third-order valence-corrected chi connectivity index (χ3v) is 6.62. The lowest BCUT2D eigenvalue weighted by molar-refractivity contribution is 0.433. The van der Waals surface area contributed by atoms with Crippen molar-refractivity contribution in [3.8, 4) is 23.0 Å². The number of aryl methyl sites for hydroxylation is 1. The summed E-state index contributed by atoms with van der Waals surface area (Å²) in [5.74, 6) is 2.00. The Hall–Kier alpha value is -4.51. The van der Waals surface area contributed by atoms with Crippen molar-refractivity contribution in [2.45, 2.75) is 12.8 Å². The topological polar surface area (TPSA) is 52.3 Å². The minimum Gasteiger partial charge on any atom is -0.438 e. The fraction of sp³-hybridized carbons (Fsp3) is 0.0690. The summed E-state index contributed by atoms with van der Waals surface area (Å²) in [5.41, 5.74) is 6.14. The maximum Gasteiger partial charge on any atom is 0.228 e. The van der Waals surface area contributed by atoms with Crippen LogP contribution in [-0.4, -0.2) is 19.6 Å². The van der Waals surface area contributed by atoms with Gasteiger partial charge in [0.1, 0.15) is 12.1 Å². The number of nitrogens with zero attached hydrogens (tertiary/aromatic N) is 4. The molecule has 5 heteroatoms. The van der Waals surface area contributed by atoms with Crippen LogP contribution >= 0.6 is 0 Å². The van der Waals surface area contributed by atoms with Crippen LogP contribution in [0.25, 0.3) is 27.8 Å². The lowest BCUT2D eigenvalue weighted by atomic mass is 9.81. The second-order valence-electron chi connectivity index (χ2n) is 8.63. The van der Waals surface area contributed by atoms with E-state index in [9.17, 15) is 0 Å². The van der Waals surface area contributed by atoms with Gasteiger partial charge in [0.25, 0.3) is 0 Å². The fourth-order valence-corrected chi connectivity index (χ4v) is 5.02. The second-order valence-corrected chi connectivity index (χ2v) is 8.63.